The molecule has 0 radical (unpaired) electrons. The van der Waals surface area contributed by atoms with Crippen LogP contribution >= 0.6 is 0 Å². The topological polar surface area (TPSA) is 78.4 Å². The number of benzene rings is 1. The Hall–Kier alpha value is -3.48. The van der Waals surface area contributed by atoms with Gasteiger partial charge in [-0.1, -0.05) is 46.8 Å². The van der Waals surface area contributed by atoms with E-state index in [1.165, 1.54) is 5.56 Å². The van der Waals surface area contributed by atoms with Crippen molar-refractivity contribution >= 4 is 34.2 Å². The van der Waals surface area contributed by atoms with Gasteiger partial charge in [0.05, 0.1) is 29.0 Å². The molecule has 0 bridgehead atoms. The van der Waals surface area contributed by atoms with E-state index in [2.05, 4.69) is 69.2 Å². The molecule has 7 nitrogen and oxygen atoms in total. The van der Waals surface area contributed by atoms with Crippen LogP contribution in [0.4, 0.5) is 11.4 Å². The summed E-state index contributed by atoms with van der Waals surface area (Å²) in [6.45, 7) is 15.9. The average Bonchev–Trinajstić information content (AvgIpc) is 2.92. The zero-order valence-electron chi connectivity index (χ0n) is 25.4. The second-order valence-corrected chi connectivity index (χ2v) is 12.5. The van der Waals surface area contributed by atoms with E-state index in [4.69, 9.17) is 4.98 Å². The molecule has 1 aliphatic rings. The highest BCUT2D eigenvalue weighted by Gasteiger charge is 2.36. The third kappa shape index (κ3) is 6.29. The average molecular weight is 544 g/mol. The van der Waals surface area contributed by atoms with Crippen LogP contribution in [0.1, 0.15) is 89.6 Å². The first-order valence-corrected chi connectivity index (χ1v) is 14.6. The van der Waals surface area contributed by atoms with E-state index in [0.717, 1.165) is 52.9 Å². The Morgan fingerprint density at radius 1 is 1.10 bits per heavy atom. The molecule has 0 aliphatic carbocycles. The summed E-state index contributed by atoms with van der Waals surface area (Å²) in [5.41, 5.74) is 6.93. The van der Waals surface area contributed by atoms with E-state index in [9.17, 15) is 9.59 Å². The fourth-order valence-electron chi connectivity index (χ4n) is 6.05. The van der Waals surface area contributed by atoms with Gasteiger partial charge in [0.15, 0.2) is 0 Å². The number of hydrogen-bond acceptors (Lipinski definition) is 5. The van der Waals surface area contributed by atoms with Crippen molar-refractivity contribution in [3.05, 3.63) is 59.4 Å². The number of piperidine rings is 1. The Kier molecular flexibility index (Phi) is 8.81. The van der Waals surface area contributed by atoms with Gasteiger partial charge in [0.2, 0.25) is 11.8 Å². The largest absolute Gasteiger partial charge is 0.354 e. The Morgan fingerprint density at radius 2 is 1.75 bits per heavy atom. The van der Waals surface area contributed by atoms with Gasteiger partial charge in [-0.15, -0.1) is 0 Å². The first-order valence-electron chi connectivity index (χ1n) is 14.6. The molecule has 1 saturated heterocycles. The van der Waals surface area contributed by atoms with Crippen LogP contribution in [-0.2, 0) is 9.59 Å². The molecule has 40 heavy (non-hydrogen) atoms. The predicted octanol–water partition coefficient (Wildman–Crippen LogP) is 7.00. The number of fused-ring (bicyclic) bond motifs is 1. The molecule has 2 aromatic heterocycles. The van der Waals surface area contributed by atoms with Crippen molar-refractivity contribution in [3.8, 4) is 0 Å². The van der Waals surface area contributed by atoms with Gasteiger partial charge >= 0.3 is 0 Å². The van der Waals surface area contributed by atoms with Crippen molar-refractivity contribution < 1.29 is 9.59 Å². The molecule has 2 atom stereocenters. The molecule has 214 valence electrons. The highest BCUT2D eigenvalue weighted by Crippen LogP contribution is 2.40. The van der Waals surface area contributed by atoms with Gasteiger partial charge in [-0.25, -0.2) is 0 Å². The number of carbonyl (C=O) groups is 2. The molecular formula is C33H45N5O2. The molecule has 3 aromatic rings. The van der Waals surface area contributed by atoms with Gasteiger partial charge in [0, 0.05) is 49.9 Å². The molecule has 7 heteroatoms. The van der Waals surface area contributed by atoms with Gasteiger partial charge in [-0.05, 0) is 67.3 Å². The van der Waals surface area contributed by atoms with Crippen LogP contribution in [-0.4, -0.2) is 51.7 Å². The van der Waals surface area contributed by atoms with Crippen LogP contribution in [0.2, 0.25) is 0 Å². The summed E-state index contributed by atoms with van der Waals surface area (Å²) in [7, 11) is 1.93. The van der Waals surface area contributed by atoms with Gasteiger partial charge < -0.3 is 15.1 Å². The summed E-state index contributed by atoms with van der Waals surface area (Å²) in [4.78, 5) is 38.6. The maximum absolute atomic E-state index is 13.6. The Bertz CT molecular complexity index is 1350. The molecule has 2 amide bonds. The maximum atomic E-state index is 13.6. The zero-order valence-corrected chi connectivity index (χ0v) is 25.4. The highest BCUT2D eigenvalue weighted by molar-refractivity contribution is 5.85. The van der Waals surface area contributed by atoms with Crippen LogP contribution in [0, 0.1) is 18.3 Å². The van der Waals surface area contributed by atoms with Gasteiger partial charge in [0.1, 0.15) is 0 Å². The first kappa shape index (κ1) is 29.5. The Balaban J connectivity index is 1.57. The Morgan fingerprint density at radius 3 is 2.33 bits per heavy atom. The van der Waals surface area contributed by atoms with E-state index in [0.29, 0.717) is 19.0 Å². The first-order chi connectivity index (χ1) is 18.9. The minimum absolute atomic E-state index is 0.0528. The van der Waals surface area contributed by atoms with Crippen LogP contribution in [0.25, 0.3) is 11.0 Å². The van der Waals surface area contributed by atoms with Gasteiger partial charge in [0.25, 0.3) is 0 Å². The molecule has 0 spiro atoms. The van der Waals surface area contributed by atoms with E-state index in [-0.39, 0.29) is 29.2 Å². The maximum Gasteiger partial charge on any atom is 0.226 e. The van der Waals surface area contributed by atoms with Gasteiger partial charge in [-0.2, -0.15) is 0 Å². The van der Waals surface area contributed by atoms with Crippen LogP contribution in [0.3, 0.4) is 0 Å². The van der Waals surface area contributed by atoms with Crippen LogP contribution in [0.5, 0.6) is 0 Å². The van der Waals surface area contributed by atoms with Crippen LogP contribution in [0.15, 0.2) is 42.6 Å². The summed E-state index contributed by atoms with van der Waals surface area (Å²) in [6.07, 6.45) is 4.35. The fraction of sp³-hybridized carbons (Fsp3) is 0.515. The number of hydrogen-bond donors (Lipinski definition) is 1. The van der Waals surface area contributed by atoms with E-state index in [1.54, 1.807) is 6.92 Å². The van der Waals surface area contributed by atoms with Crippen molar-refractivity contribution in [2.24, 2.45) is 11.3 Å². The van der Waals surface area contributed by atoms with Crippen molar-refractivity contribution in [2.45, 2.75) is 79.7 Å². The van der Waals surface area contributed by atoms with Crippen molar-refractivity contribution in [3.63, 3.8) is 0 Å². The normalized spacial score (nSPS) is 16.1. The lowest BCUT2D eigenvalue weighted by atomic mass is 9.80. The standard InChI is InChI=1S/C33H45N5O2/c1-9-21(2)29-28(20-34-27-15-10-22(3)35-30(27)29)36-26-13-11-24(12-14-26)31(33(5,6)7)37(8)32(40)25-16-18-38(19-17-25)23(4)39/h10-15,20-21,25,31,36H,9,16-19H2,1-8H3/t21-,31+/m1/s1. The molecule has 1 aromatic carbocycles. The van der Waals surface area contributed by atoms with E-state index in [1.807, 2.05) is 42.1 Å². The number of aromatic nitrogens is 2. The quantitative estimate of drug-likeness (QED) is 0.347. The number of pyridine rings is 2. The van der Waals surface area contributed by atoms with Crippen LogP contribution < -0.4 is 5.32 Å². The summed E-state index contributed by atoms with van der Waals surface area (Å²) >= 11 is 0. The number of amides is 2. The van der Waals surface area contributed by atoms with Gasteiger partial charge in [-0.3, -0.25) is 19.6 Å². The fourth-order valence-corrected chi connectivity index (χ4v) is 6.05. The molecular weight excluding hydrogens is 498 g/mol. The molecule has 4 rings (SSSR count). The third-order valence-corrected chi connectivity index (χ3v) is 8.35. The lowest BCUT2D eigenvalue weighted by Crippen LogP contribution is -2.45. The number of aryl methyl sites for hydroxylation is 1. The number of anilines is 2. The molecule has 0 unspecified atom stereocenters. The summed E-state index contributed by atoms with van der Waals surface area (Å²) in [5, 5.41) is 3.61. The summed E-state index contributed by atoms with van der Waals surface area (Å²) < 4.78 is 0. The smallest absolute Gasteiger partial charge is 0.226 e. The summed E-state index contributed by atoms with van der Waals surface area (Å²) in [6, 6.07) is 12.4. The monoisotopic (exact) mass is 543 g/mol. The summed E-state index contributed by atoms with van der Waals surface area (Å²) in [5.74, 6) is 0.521. The molecule has 3 heterocycles. The van der Waals surface area contributed by atoms with E-state index < -0.39 is 0 Å². The number of carbonyl (C=O) groups excluding carboxylic acids is 2. The minimum atomic E-state index is -0.158. The number of nitrogens with zero attached hydrogens (tertiary/aromatic N) is 4. The second-order valence-electron chi connectivity index (χ2n) is 12.5. The highest BCUT2D eigenvalue weighted by atomic mass is 16.2. The van der Waals surface area contributed by atoms with E-state index >= 15 is 0 Å². The SMILES string of the molecule is CC[C@@H](C)c1c(Nc2ccc([C@H](N(C)C(=O)C3CCN(C(C)=O)CC3)C(C)(C)C)cc2)cnc2ccc(C)nc12. The number of nitrogens with one attached hydrogen (secondary N) is 1. The second kappa shape index (κ2) is 11.9. The third-order valence-electron chi connectivity index (χ3n) is 8.35. The van der Waals surface area contributed by atoms with Crippen molar-refractivity contribution in [1.29, 1.82) is 0 Å². The molecule has 1 fully saturated rings. The zero-order chi connectivity index (χ0) is 29.2. The molecule has 1 aliphatic heterocycles. The predicted molar refractivity (Wildman–Crippen MR) is 163 cm³/mol. The Labute approximate surface area is 239 Å². The lowest BCUT2D eigenvalue weighted by Gasteiger charge is -2.41. The molecule has 1 N–H and O–H groups in total. The minimum Gasteiger partial charge on any atom is -0.354 e. The molecule has 0 saturated carbocycles. The lowest BCUT2D eigenvalue weighted by molar-refractivity contribution is -0.142. The van der Waals surface area contributed by atoms with Crippen molar-refractivity contribution in [1.82, 2.24) is 19.8 Å². The number of likely N-dealkylation sites (tertiary alicyclic amines) is 1. The number of rotatable bonds is 7. The van der Waals surface area contributed by atoms with Crippen molar-refractivity contribution in [2.75, 3.05) is 25.5 Å².